The molecule has 0 aliphatic rings. The maximum Gasteiger partial charge on any atom is 0.338 e. The molecular weight excluding hydrogens is 423 g/mol. The molecule has 0 spiro atoms. The number of esters is 1. The fraction of sp³-hybridized carbons (Fsp3) is 0.364. The van der Waals surface area contributed by atoms with Gasteiger partial charge in [-0.25, -0.2) is 17.6 Å². The van der Waals surface area contributed by atoms with Crippen LogP contribution in [0.1, 0.15) is 42.3 Å². The minimum Gasteiger partial charge on any atom is -0.449 e. The van der Waals surface area contributed by atoms with Gasteiger partial charge in [0.25, 0.3) is 5.91 Å². The zero-order valence-electron chi connectivity index (χ0n) is 18.0. The molecule has 7 nitrogen and oxygen atoms in total. The minimum absolute atomic E-state index is 0.0269. The number of halogens is 1. The molecule has 2 rings (SSSR count). The van der Waals surface area contributed by atoms with E-state index in [9.17, 15) is 22.4 Å². The van der Waals surface area contributed by atoms with Crippen LogP contribution in [0, 0.1) is 12.7 Å². The normalized spacial score (nSPS) is 12.5. The summed E-state index contributed by atoms with van der Waals surface area (Å²) >= 11 is 0. The summed E-state index contributed by atoms with van der Waals surface area (Å²) in [5, 5.41) is 2.61. The number of hydrogen-bond acceptors (Lipinski definition) is 5. The average Bonchev–Trinajstić information content (AvgIpc) is 2.73. The lowest BCUT2D eigenvalue weighted by Gasteiger charge is -2.20. The van der Waals surface area contributed by atoms with Gasteiger partial charge in [-0.05, 0) is 49.2 Å². The van der Waals surface area contributed by atoms with Crippen LogP contribution in [-0.4, -0.2) is 43.8 Å². The fourth-order valence-electron chi connectivity index (χ4n) is 2.92. The zero-order chi connectivity index (χ0) is 23.2. The molecule has 9 heteroatoms. The Morgan fingerprint density at radius 3 is 2.29 bits per heavy atom. The zero-order valence-corrected chi connectivity index (χ0v) is 18.8. The molecule has 0 aliphatic heterocycles. The second-order valence-corrected chi connectivity index (χ2v) is 8.87. The Balaban J connectivity index is 2.09. The van der Waals surface area contributed by atoms with Crippen molar-refractivity contribution < 1.29 is 27.1 Å². The first kappa shape index (κ1) is 24.5. The molecule has 1 N–H and O–H groups in total. The Bertz CT molecular complexity index is 1030. The number of carbonyl (C=O) groups is 2. The number of hydrogen-bond donors (Lipinski definition) is 1. The van der Waals surface area contributed by atoms with Gasteiger partial charge < -0.3 is 10.1 Å². The number of sulfonamides is 1. The van der Waals surface area contributed by atoms with Gasteiger partial charge in [-0.2, -0.15) is 4.31 Å². The van der Waals surface area contributed by atoms with E-state index in [-0.39, 0.29) is 22.8 Å². The molecule has 1 amide bonds. The smallest absolute Gasteiger partial charge is 0.338 e. The SMILES string of the molecule is CCN(CC)S(=O)(=O)c1cc(C(=O)OC(C)C(=O)NCc2ccc(F)cc2)ccc1C. The third-order valence-electron chi connectivity index (χ3n) is 4.78. The van der Waals surface area contributed by atoms with Crippen molar-refractivity contribution in [2.24, 2.45) is 0 Å². The van der Waals surface area contributed by atoms with E-state index in [1.54, 1.807) is 20.8 Å². The molecule has 2 aromatic rings. The van der Waals surface area contributed by atoms with Gasteiger partial charge in [0.1, 0.15) is 5.82 Å². The van der Waals surface area contributed by atoms with Gasteiger partial charge in [-0.3, -0.25) is 4.79 Å². The summed E-state index contributed by atoms with van der Waals surface area (Å²) in [5.74, 6) is -1.71. The molecule has 31 heavy (non-hydrogen) atoms. The Kier molecular flexibility index (Phi) is 8.29. The molecule has 0 saturated heterocycles. The summed E-state index contributed by atoms with van der Waals surface area (Å²) in [7, 11) is -3.76. The van der Waals surface area contributed by atoms with Crippen LogP contribution in [0.25, 0.3) is 0 Å². The van der Waals surface area contributed by atoms with Crippen LogP contribution in [0.2, 0.25) is 0 Å². The Hall–Kier alpha value is -2.78. The van der Waals surface area contributed by atoms with E-state index < -0.39 is 28.0 Å². The summed E-state index contributed by atoms with van der Waals surface area (Å²) in [4.78, 5) is 24.8. The quantitative estimate of drug-likeness (QED) is 0.593. The summed E-state index contributed by atoms with van der Waals surface area (Å²) in [6.45, 7) is 7.30. The third-order valence-corrected chi connectivity index (χ3v) is 6.97. The van der Waals surface area contributed by atoms with E-state index in [1.807, 2.05) is 0 Å². The second-order valence-electron chi connectivity index (χ2n) is 6.96. The molecule has 0 bridgehead atoms. The maximum atomic E-state index is 12.9. The van der Waals surface area contributed by atoms with Crippen molar-refractivity contribution in [2.75, 3.05) is 13.1 Å². The molecular formula is C22H27FN2O5S. The third kappa shape index (κ3) is 6.11. The molecule has 0 aromatic heterocycles. The maximum absolute atomic E-state index is 12.9. The Labute approximate surface area is 182 Å². The number of benzene rings is 2. The number of nitrogens with zero attached hydrogens (tertiary/aromatic N) is 1. The molecule has 0 heterocycles. The van der Waals surface area contributed by atoms with E-state index in [0.717, 1.165) is 0 Å². The monoisotopic (exact) mass is 450 g/mol. The lowest BCUT2D eigenvalue weighted by atomic mass is 10.1. The number of carbonyl (C=O) groups excluding carboxylic acids is 2. The van der Waals surface area contributed by atoms with Gasteiger partial charge in [-0.15, -0.1) is 0 Å². The van der Waals surface area contributed by atoms with Crippen LogP contribution in [0.5, 0.6) is 0 Å². The lowest BCUT2D eigenvalue weighted by Crippen LogP contribution is -2.35. The van der Waals surface area contributed by atoms with E-state index in [2.05, 4.69) is 5.32 Å². The number of amides is 1. The number of ether oxygens (including phenoxy) is 1. The van der Waals surface area contributed by atoms with E-state index in [1.165, 1.54) is 53.7 Å². The molecule has 0 aliphatic carbocycles. The first-order valence-corrected chi connectivity index (χ1v) is 11.4. The summed E-state index contributed by atoms with van der Waals surface area (Å²) < 4.78 is 45.1. The van der Waals surface area contributed by atoms with Crippen LogP contribution in [0.15, 0.2) is 47.4 Å². The van der Waals surface area contributed by atoms with Crippen molar-refractivity contribution in [1.29, 1.82) is 0 Å². The summed E-state index contributed by atoms with van der Waals surface area (Å²) in [6.07, 6.45) is -1.10. The lowest BCUT2D eigenvalue weighted by molar-refractivity contribution is -0.129. The van der Waals surface area contributed by atoms with Gasteiger partial charge >= 0.3 is 5.97 Å². The first-order valence-electron chi connectivity index (χ1n) is 9.94. The predicted octanol–water partition coefficient (Wildman–Crippen LogP) is 3.03. The van der Waals surface area contributed by atoms with E-state index in [4.69, 9.17) is 4.74 Å². The van der Waals surface area contributed by atoms with Crippen LogP contribution >= 0.6 is 0 Å². The number of aryl methyl sites for hydroxylation is 1. The highest BCUT2D eigenvalue weighted by Gasteiger charge is 2.26. The topological polar surface area (TPSA) is 92.8 Å². The molecule has 1 atom stereocenters. The van der Waals surface area contributed by atoms with E-state index in [0.29, 0.717) is 24.2 Å². The molecule has 0 fully saturated rings. The van der Waals surface area contributed by atoms with Gasteiger partial charge in [0.15, 0.2) is 6.10 Å². The highest BCUT2D eigenvalue weighted by Crippen LogP contribution is 2.22. The van der Waals surface area contributed by atoms with E-state index >= 15 is 0 Å². The van der Waals surface area contributed by atoms with Gasteiger partial charge in [0.05, 0.1) is 10.5 Å². The Morgan fingerprint density at radius 2 is 1.71 bits per heavy atom. The van der Waals surface area contributed by atoms with Crippen molar-refractivity contribution in [2.45, 2.75) is 45.2 Å². The van der Waals surface area contributed by atoms with Crippen molar-refractivity contribution in [3.63, 3.8) is 0 Å². The first-order chi connectivity index (χ1) is 14.6. The highest BCUT2D eigenvalue weighted by atomic mass is 32.2. The molecule has 0 radical (unpaired) electrons. The van der Waals surface area contributed by atoms with Crippen LogP contribution in [-0.2, 0) is 26.1 Å². The molecule has 2 aromatic carbocycles. The minimum atomic E-state index is -3.76. The number of rotatable bonds is 9. The standard InChI is InChI=1S/C22H27FN2O5S/c1-5-25(6-2)31(28,29)20-13-18(10-7-15(20)3)22(27)30-16(4)21(26)24-14-17-8-11-19(23)12-9-17/h7-13,16H,5-6,14H2,1-4H3,(H,24,26). The predicted molar refractivity (Wildman–Crippen MR) is 114 cm³/mol. The fourth-order valence-corrected chi connectivity index (χ4v) is 4.63. The van der Waals surface area contributed by atoms with Crippen LogP contribution in [0.3, 0.4) is 0 Å². The van der Waals surface area contributed by atoms with Gasteiger partial charge in [0, 0.05) is 19.6 Å². The summed E-state index contributed by atoms with van der Waals surface area (Å²) in [6, 6.07) is 9.91. The second kappa shape index (κ2) is 10.5. The molecule has 168 valence electrons. The molecule has 1 unspecified atom stereocenters. The van der Waals surface area contributed by atoms with Crippen molar-refractivity contribution in [3.8, 4) is 0 Å². The summed E-state index contributed by atoms with van der Waals surface area (Å²) in [5.41, 5.74) is 1.24. The van der Waals surface area contributed by atoms with Crippen molar-refractivity contribution >= 4 is 21.9 Å². The number of nitrogens with one attached hydrogen (secondary N) is 1. The van der Waals surface area contributed by atoms with Crippen LogP contribution in [0.4, 0.5) is 4.39 Å². The van der Waals surface area contributed by atoms with Gasteiger partial charge in [0.2, 0.25) is 10.0 Å². The van der Waals surface area contributed by atoms with Crippen molar-refractivity contribution in [1.82, 2.24) is 9.62 Å². The van der Waals surface area contributed by atoms with Crippen molar-refractivity contribution in [3.05, 3.63) is 65.0 Å². The highest BCUT2D eigenvalue weighted by molar-refractivity contribution is 7.89. The van der Waals surface area contributed by atoms with Gasteiger partial charge in [-0.1, -0.05) is 32.0 Å². The van der Waals surface area contributed by atoms with Crippen LogP contribution < -0.4 is 5.32 Å². The Morgan fingerprint density at radius 1 is 1.10 bits per heavy atom. The molecule has 0 saturated carbocycles. The largest absolute Gasteiger partial charge is 0.449 e. The average molecular weight is 451 g/mol.